The Bertz CT molecular complexity index is 811. The number of halogens is 1. The number of carboxylic acid groups (broad SMARTS) is 1. The highest BCUT2D eigenvalue weighted by atomic mass is 35.5. The van der Waals surface area contributed by atoms with Crippen molar-refractivity contribution in [2.45, 2.75) is 38.8 Å². The van der Waals surface area contributed by atoms with Crippen molar-refractivity contribution in [3.8, 4) is 0 Å². The third-order valence-electron chi connectivity index (χ3n) is 4.81. The van der Waals surface area contributed by atoms with E-state index in [0.717, 1.165) is 23.8 Å². The number of carboxylic acids is 1. The van der Waals surface area contributed by atoms with Crippen molar-refractivity contribution in [2.75, 3.05) is 13.1 Å². The first-order valence-corrected chi connectivity index (χ1v) is 8.72. The average Bonchev–Trinajstić information content (AvgIpc) is 2.85. The quantitative estimate of drug-likeness (QED) is 0.823. The van der Waals surface area contributed by atoms with E-state index in [1.165, 1.54) is 0 Å². The number of rotatable bonds is 6. The fraction of sp³-hybridized carbons (Fsp3) is 0.444. The molecule has 3 rings (SSSR count). The number of aryl methyl sites for hydroxylation is 1. The number of amides is 1. The highest BCUT2D eigenvalue weighted by molar-refractivity contribution is 6.31. The molecule has 2 aromatic rings. The number of furan rings is 1. The summed E-state index contributed by atoms with van der Waals surface area (Å²) >= 11 is 6.00. The minimum absolute atomic E-state index is 0.0330. The molecular weight excluding hydrogens is 344 g/mol. The summed E-state index contributed by atoms with van der Waals surface area (Å²) in [6.45, 7) is 4.50. The van der Waals surface area contributed by atoms with Crippen molar-refractivity contribution in [2.24, 2.45) is 0 Å². The molecule has 7 heteroatoms. The molecule has 6 nitrogen and oxygen atoms in total. The Morgan fingerprint density at radius 1 is 1.40 bits per heavy atom. The van der Waals surface area contributed by atoms with Gasteiger partial charge < -0.3 is 14.8 Å². The lowest BCUT2D eigenvalue weighted by Crippen LogP contribution is -2.54. The largest absolute Gasteiger partial charge is 0.480 e. The van der Waals surface area contributed by atoms with E-state index in [-0.39, 0.29) is 24.5 Å². The van der Waals surface area contributed by atoms with Crippen LogP contribution in [0.2, 0.25) is 5.02 Å². The Kier molecular flexibility index (Phi) is 5.01. The molecule has 2 N–H and O–H groups in total. The normalized spacial score (nSPS) is 19.8. The van der Waals surface area contributed by atoms with Gasteiger partial charge in [0.15, 0.2) is 5.76 Å². The molecular formula is C18H21ClN2O4. The van der Waals surface area contributed by atoms with Crippen LogP contribution in [-0.4, -0.2) is 47.1 Å². The third kappa shape index (κ3) is 3.65. The molecule has 1 aliphatic rings. The Hall–Kier alpha value is -2.05. The van der Waals surface area contributed by atoms with Crippen LogP contribution in [0.25, 0.3) is 11.0 Å². The number of benzene rings is 1. The molecule has 1 heterocycles. The highest BCUT2D eigenvalue weighted by Crippen LogP contribution is 2.29. The maximum atomic E-state index is 12.5. The van der Waals surface area contributed by atoms with Gasteiger partial charge in [0.25, 0.3) is 5.91 Å². The zero-order chi connectivity index (χ0) is 18.1. The van der Waals surface area contributed by atoms with Gasteiger partial charge in [0, 0.05) is 28.1 Å². The zero-order valence-electron chi connectivity index (χ0n) is 14.2. The number of aliphatic carboxylic acids is 1. The Balaban J connectivity index is 1.63. The standard InChI is InChI=1S/C18H21ClN2O4/c1-3-21(9-16(22)23)13-7-12(8-13)20-18(24)17-10(2)14-6-11(19)4-5-15(14)25-17/h4-6,12-13H,3,7-9H2,1-2H3,(H,20,24)(H,22,23). The van der Waals surface area contributed by atoms with Crippen LogP contribution in [0.4, 0.5) is 0 Å². The fourth-order valence-electron chi connectivity index (χ4n) is 3.34. The predicted molar refractivity (Wildman–Crippen MR) is 95.1 cm³/mol. The predicted octanol–water partition coefficient (Wildman–Crippen LogP) is 3.06. The second-order valence-corrected chi connectivity index (χ2v) is 6.89. The van der Waals surface area contributed by atoms with Crippen molar-refractivity contribution < 1.29 is 19.1 Å². The number of nitrogens with zero attached hydrogens (tertiary/aromatic N) is 1. The van der Waals surface area contributed by atoms with E-state index in [1.54, 1.807) is 18.2 Å². The van der Waals surface area contributed by atoms with Gasteiger partial charge in [-0.3, -0.25) is 14.5 Å². The van der Waals surface area contributed by atoms with Crippen molar-refractivity contribution >= 4 is 34.4 Å². The summed E-state index contributed by atoms with van der Waals surface area (Å²) in [4.78, 5) is 25.3. The van der Waals surface area contributed by atoms with Crippen LogP contribution in [0.5, 0.6) is 0 Å². The molecule has 134 valence electrons. The van der Waals surface area contributed by atoms with Gasteiger partial charge in [-0.25, -0.2) is 0 Å². The van der Waals surface area contributed by atoms with Crippen molar-refractivity contribution in [1.29, 1.82) is 0 Å². The molecule has 0 atom stereocenters. The summed E-state index contributed by atoms with van der Waals surface area (Å²) in [6, 6.07) is 5.51. The van der Waals surface area contributed by atoms with Crippen molar-refractivity contribution in [3.05, 3.63) is 34.5 Å². The molecule has 1 amide bonds. The molecule has 1 saturated carbocycles. The van der Waals surface area contributed by atoms with E-state index in [1.807, 2.05) is 18.7 Å². The molecule has 0 unspecified atom stereocenters. The number of carbonyl (C=O) groups is 2. The van der Waals surface area contributed by atoms with Crippen LogP contribution in [-0.2, 0) is 4.79 Å². The molecule has 0 spiro atoms. The summed E-state index contributed by atoms with van der Waals surface area (Å²) in [5.74, 6) is -0.765. The van der Waals surface area contributed by atoms with Gasteiger partial charge in [-0.2, -0.15) is 0 Å². The maximum absolute atomic E-state index is 12.5. The van der Waals surface area contributed by atoms with Gasteiger partial charge in [0.2, 0.25) is 0 Å². The Morgan fingerprint density at radius 2 is 2.12 bits per heavy atom. The Labute approximate surface area is 150 Å². The van der Waals surface area contributed by atoms with Crippen LogP contribution in [0.15, 0.2) is 22.6 Å². The molecule has 0 bridgehead atoms. The van der Waals surface area contributed by atoms with Gasteiger partial charge in [-0.1, -0.05) is 18.5 Å². The molecule has 0 saturated heterocycles. The van der Waals surface area contributed by atoms with E-state index in [2.05, 4.69) is 5.32 Å². The molecule has 0 aliphatic heterocycles. The summed E-state index contributed by atoms with van der Waals surface area (Å²) in [5, 5.41) is 13.3. The first kappa shape index (κ1) is 17.8. The SMILES string of the molecule is CCN(CC(=O)O)C1CC(NC(=O)c2oc3ccc(Cl)cc3c2C)C1. The van der Waals surface area contributed by atoms with Crippen LogP contribution >= 0.6 is 11.6 Å². The summed E-state index contributed by atoms with van der Waals surface area (Å²) in [5.41, 5.74) is 1.41. The summed E-state index contributed by atoms with van der Waals surface area (Å²) < 4.78 is 5.67. The van der Waals surface area contributed by atoms with Gasteiger partial charge in [0.1, 0.15) is 5.58 Å². The first-order chi connectivity index (χ1) is 11.9. The topological polar surface area (TPSA) is 82.8 Å². The van der Waals surface area contributed by atoms with Crippen LogP contribution in [0.1, 0.15) is 35.9 Å². The molecule has 1 aromatic heterocycles. The lowest BCUT2D eigenvalue weighted by Gasteiger charge is -2.42. The monoisotopic (exact) mass is 364 g/mol. The van der Waals surface area contributed by atoms with Crippen LogP contribution in [0.3, 0.4) is 0 Å². The Morgan fingerprint density at radius 3 is 2.76 bits per heavy atom. The van der Waals surface area contributed by atoms with E-state index in [4.69, 9.17) is 21.1 Å². The van der Waals surface area contributed by atoms with Crippen LogP contribution < -0.4 is 5.32 Å². The zero-order valence-corrected chi connectivity index (χ0v) is 15.0. The van der Waals surface area contributed by atoms with Crippen molar-refractivity contribution in [1.82, 2.24) is 10.2 Å². The van der Waals surface area contributed by atoms with E-state index >= 15 is 0 Å². The lowest BCUT2D eigenvalue weighted by molar-refractivity contribution is -0.139. The van der Waals surface area contributed by atoms with Gasteiger partial charge in [-0.15, -0.1) is 0 Å². The lowest BCUT2D eigenvalue weighted by atomic mass is 9.85. The van der Waals surface area contributed by atoms with Gasteiger partial charge >= 0.3 is 5.97 Å². The summed E-state index contributed by atoms with van der Waals surface area (Å²) in [6.07, 6.45) is 1.50. The van der Waals surface area contributed by atoms with E-state index in [0.29, 0.717) is 22.9 Å². The first-order valence-electron chi connectivity index (χ1n) is 8.34. The molecule has 25 heavy (non-hydrogen) atoms. The van der Waals surface area contributed by atoms with E-state index < -0.39 is 5.97 Å². The highest BCUT2D eigenvalue weighted by Gasteiger charge is 2.35. The van der Waals surface area contributed by atoms with Crippen molar-refractivity contribution in [3.63, 3.8) is 0 Å². The molecule has 1 fully saturated rings. The summed E-state index contributed by atoms with van der Waals surface area (Å²) in [7, 11) is 0. The molecule has 1 aromatic carbocycles. The van der Waals surface area contributed by atoms with Gasteiger partial charge in [-0.05, 0) is 44.5 Å². The second kappa shape index (κ2) is 7.06. The number of fused-ring (bicyclic) bond motifs is 1. The average molecular weight is 365 g/mol. The smallest absolute Gasteiger partial charge is 0.317 e. The van der Waals surface area contributed by atoms with Crippen LogP contribution in [0, 0.1) is 6.92 Å². The number of nitrogens with one attached hydrogen (secondary N) is 1. The second-order valence-electron chi connectivity index (χ2n) is 6.45. The fourth-order valence-corrected chi connectivity index (χ4v) is 3.51. The molecule has 1 aliphatic carbocycles. The number of likely N-dealkylation sites (N-methyl/N-ethyl adjacent to an activating group) is 1. The van der Waals surface area contributed by atoms with Gasteiger partial charge in [0.05, 0.1) is 6.54 Å². The van der Waals surface area contributed by atoms with E-state index in [9.17, 15) is 9.59 Å². The molecule has 0 radical (unpaired) electrons. The maximum Gasteiger partial charge on any atom is 0.317 e. The minimum atomic E-state index is -0.828. The minimum Gasteiger partial charge on any atom is -0.480 e. The number of carbonyl (C=O) groups excluding carboxylic acids is 1. The number of hydrogen-bond donors (Lipinski definition) is 2. The third-order valence-corrected chi connectivity index (χ3v) is 5.05. The number of hydrogen-bond acceptors (Lipinski definition) is 4.